The van der Waals surface area contributed by atoms with Gasteiger partial charge in [0, 0.05) is 55.3 Å². The molecular formula is C54H36N2O. The van der Waals surface area contributed by atoms with E-state index in [1.807, 2.05) is 66.7 Å². The lowest BCUT2D eigenvalue weighted by Crippen LogP contribution is -2.09. The molecule has 0 saturated heterocycles. The maximum absolute atomic E-state index is 9.61. The molecule has 3 heteroatoms. The molecule has 3 nitrogen and oxygen atoms in total. The summed E-state index contributed by atoms with van der Waals surface area (Å²) in [6.45, 7) is 0. The van der Waals surface area contributed by atoms with Crippen LogP contribution in [0, 0.1) is 0 Å². The molecule has 0 aliphatic carbocycles. The summed E-state index contributed by atoms with van der Waals surface area (Å²) in [6, 6.07) is 30.6. The Balaban J connectivity index is 1.11. The lowest BCUT2D eigenvalue weighted by atomic mass is 10.00. The van der Waals surface area contributed by atoms with Crippen LogP contribution >= 0.6 is 0 Å². The van der Waals surface area contributed by atoms with Crippen LogP contribution in [-0.2, 0) is 0 Å². The molecule has 268 valence electrons. The Morgan fingerprint density at radius 2 is 0.912 bits per heavy atom. The highest BCUT2D eigenvalue weighted by molar-refractivity contribution is 6.13. The van der Waals surface area contributed by atoms with E-state index in [4.69, 9.17) is 18.1 Å². The van der Waals surface area contributed by atoms with Crippen molar-refractivity contribution in [3.8, 4) is 39.1 Å². The van der Waals surface area contributed by atoms with Gasteiger partial charge in [-0.2, -0.15) is 0 Å². The molecule has 9 aromatic carbocycles. The summed E-state index contributed by atoms with van der Waals surface area (Å²) in [4.78, 5) is 1.60. The Labute approximate surface area is 352 Å². The standard InChI is InChI=1S/C54H36N2O/c1-3-15-37(16-4-1)44-22-13-24-48-49-25-14-23-45(54(49)57-53(44)48)39-31-35-42(36-32-39)55(40-17-5-2-6-18-40)41-33-29-38(30-34-41)43-19-7-10-26-50(43)56-51-27-11-8-20-46(51)47-21-9-12-28-52(47)56/h1-36H/i1D,3D,4D,13D,14D,15D,16D,22D,23D,24D,25D,31D,32D,35D,36D. The van der Waals surface area contributed by atoms with E-state index in [0.717, 1.165) is 38.6 Å². The summed E-state index contributed by atoms with van der Waals surface area (Å²) in [5, 5.41) is 1.56. The number of hydrogen-bond acceptors (Lipinski definition) is 2. The first kappa shape index (κ1) is 20.9. The van der Waals surface area contributed by atoms with Gasteiger partial charge < -0.3 is 13.9 Å². The van der Waals surface area contributed by atoms with Gasteiger partial charge in [0.1, 0.15) is 11.2 Å². The zero-order chi connectivity index (χ0) is 50.8. The van der Waals surface area contributed by atoms with Crippen molar-refractivity contribution < 1.29 is 25.0 Å². The molecule has 0 amide bonds. The molecule has 0 fully saturated rings. The van der Waals surface area contributed by atoms with Gasteiger partial charge in [0.25, 0.3) is 0 Å². The van der Waals surface area contributed by atoms with Gasteiger partial charge in [-0.05, 0) is 71.2 Å². The number of hydrogen-bond donors (Lipinski definition) is 0. The number of aromatic nitrogens is 1. The van der Waals surface area contributed by atoms with Crippen LogP contribution in [0.15, 0.2) is 222 Å². The van der Waals surface area contributed by atoms with Crippen LogP contribution in [0.3, 0.4) is 0 Å². The Morgan fingerprint density at radius 3 is 1.56 bits per heavy atom. The van der Waals surface area contributed by atoms with Gasteiger partial charge in [-0.25, -0.2) is 0 Å². The topological polar surface area (TPSA) is 21.3 Å². The largest absolute Gasteiger partial charge is 0.455 e. The lowest BCUT2D eigenvalue weighted by molar-refractivity contribution is 0.671. The van der Waals surface area contributed by atoms with Crippen molar-refractivity contribution in [2.45, 2.75) is 0 Å². The molecule has 57 heavy (non-hydrogen) atoms. The normalized spacial score (nSPS) is 15.2. The second kappa shape index (κ2) is 13.6. The van der Waals surface area contributed by atoms with E-state index < -0.39 is 124 Å². The Kier molecular flexibility index (Phi) is 4.98. The van der Waals surface area contributed by atoms with E-state index in [2.05, 4.69) is 34.9 Å². The Bertz CT molecular complexity index is 4000. The van der Waals surface area contributed by atoms with Crippen LogP contribution in [0.25, 0.3) is 82.8 Å². The van der Waals surface area contributed by atoms with Crippen LogP contribution in [0.1, 0.15) is 20.6 Å². The van der Waals surface area contributed by atoms with Gasteiger partial charge in [0.2, 0.25) is 0 Å². The van der Waals surface area contributed by atoms with Gasteiger partial charge in [-0.3, -0.25) is 0 Å². The summed E-state index contributed by atoms with van der Waals surface area (Å²) >= 11 is 0. The number of fused-ring (bicyclic) bond motifs is 6. The van der Waals surface area contributed by atoms with E-state index in [1.54, 1.807) is 35.2 Å². The van der Waals surface area contributed by atoms with Crippen molar-refractivity contribution in [2.75, 3.05) is 4.90 Å². The second-order valence-corrected chi connectivity index (χ2v) is 13.3. The maximum atomic E-state index is 9.61. The molecule has 2 heterocycles. The molecule has 0 radical (unpaired) electrons. The van der Waals surface area contributed by atoms with Crippen molar-refractivity contribution in [3.05, 3.63) is 218 Å². The molecule has 0 atom stereocenters. The average molecular weight is 744 g/mol. The van der Waals surface area contributed by atoms with Crippen molar-refractivity contribution in [1.29, 1.82) is 0 Å². The first-order chi connectivity index (χ1) is 34.5. The number of rotatable bonds is 7. The number of anilines is 3. The van der Waals surface area contributed by atoms with E-state index in [1.165, 1.54) is 0 Å². The molecule has 0 aliphatic rings. The highest BCUT2D eigenvalue weighted by Gasteiger charge is 2.19. The summed E-state index contributed by atoms with van der Waals surface area (Å²) in [5.74, 6) is 0. The summed E-state index contributed by atoms with van der Waals surface area (Å²) < 4.78 is 143. The molecule has 0 bridgehead atoms. The van der Waals surface area contributed by atoms with E-state index >= 15 is 0 Å². The van der Waals surface area contributed by atoms with Crippen LogP contribution in [0.4, 0.5) is 17.1 Å². The van der Waals surface area contributed by atoms with Gasteiger partial charge in [0.15, 0.2) is 0 Å². The molecule has 0 saturated carbocycles. The summed E-state index contributed by atoms with van der Waals surface area (Å²) in [7, 11) is 0. The molecule has 0 N–H and O–H groups in total. The molecule has 0 unspecified atom stereocenters. The molecule has 11 rings (SSSR count). The predicted molar refractivity (Wildman–Crippen MR) is 239 cm³/mol. The summed E-state index contributed by atoms with van der Waals surface area (Å²) in [6.07, 6.45) is 0. The van der Waals surface area contributed by atoms with Crippen LogP contribution < -0.4 is 4.90 Å². The highest BCUT2D eigenvalue weighted by atomic mass is 16.3. The SMILES string of the molecule is [2H]c1c([2H])c([2H])c(-c2c([2H])c([2H])c([2H])c3c2oc2c(-c4c([2H])c([2H])c(N(c5ccccc5)c5ccc(-c6ccccc6-n6c7ccccc7c7ccccc76)cc5)c([2H])c4[2H])c([2H])c([2H])c([2H])c23)c([2H])c1[2H]. The minimum Gasteiger partial charge on any atom is -0.455 e. The third kappa shape index (κ3) is 5.51. The third-order valence-electron chi connectivity index (χ3n) is 10.1. The van der Waals surface area contributed by atoms with Gasteiger partial charge in [0.05, 0.1) is 37.3 Å². The molecule has 2 aromatic heterocycles. The smallest absolute Gasteiger partial charge is 0.143 e. The van der Waals surface area contributed by atoms with Crippen molar-refractivity contribution in [2.24, 2.45) is 0 Å². The molecule has 0 aliphatic heterocycles. The Hall–Kier alpha value is -7.62. The fourth-order valence-electron chi connectivity index (χ4n) is 7.59. The second-order valence-electron chi connectivity index (χ2n) is 13.3. The van der Waals surface area contributed by atoms with Gasteiger partial charge in [-0.1, -0.05) is 163 Å². The fourth-order valence-corrected chi connectivity index (χ4v) is 7.59. The van der Waals surface area contributed by atoms with Crippen molar-refractivity contribution in [3.63, 3.8) is 0 Å². The number of para-hydroxylation sites is 6. The average Bonchev–Trinajstić information content (AvgIpc) is 3.96. The van der Waals surface area contributed by atoms with Crippen molar-refractivity contribution >= 4 is 60.8 Å². The number of furan rings is 1. The Morgan fingerprint density at radius 1 is 0.368 bits per heavy atom. The van der Waals surface area contributed by atoms with Crippen LogP contribution in [0.2, 0.25) is 0 Å². The zero-order valence-corrected chi connectivity index (χ0v) is 29.9. The van der Waals surface area contributed by atoms with E-state index in [0.29, 0.717) is 11.4 Å². The molecular weight excluding hydrogens is 693 g/mol. The monoisotopic (exact) mass is 743 g/mol. The lowest BCUT2D eigenvalue weighted by Gasteiger charge is -2.26. The van der Waals surface area contributed by atoms with Crippen molar-refractivity contribution in [1.82, 2.24) is 4.57 Å². The number of nitrogens with zero attached hydrogens (tertiary/aromatic N) is 2. The van der Waals surface area contributed by atoms with Crippen LogP contribution in [-0.4, -0.2) is 4.57 Å². The first-order valence-corrected chi connectivity index (χ1v) is 18.2. The van der Waals surface area contributed by atoms with Crippen LogP contribution in [0.5, 0.6) is 0 Å². The maximum Gasteiger partial charge on any atom is 0.143 e. The molecule has 11 aromatic rings. The van der Waals surface area contributed by atoms with Gasteiger partial charge in [-0.15, -0.1) is 0 Å². The van der Waals surface area contributed by atoms with E-state index in [9.17, 15) is 6.85 Å². The predicted octanol–water partition coefficient (Wildman–Crippen LogP) is 15.2. The summed E-state index contributed by atoms with van der Waals surface area (Å²) in [5.41, 5.74) is 2.83. The third-order valence-corrected chi connectivity index (χ3v) is 10.1. The first-order valence-electron chi connectivity index (χ1n) is 25.7. The number of benzene rings is 9. The zero-order valence-electron chi connectivity index (χ0n) is 44.9. The minimum atomic E-state index is -0.746. The fraction of sp³-hybridized carbons (Fsp3) is 0. The molecule has 0 spiro atoms. The highest BCUT2D eigenvalue weighted by Crippen LogP contribution is 2.42. The van der Waals surface area contributed by atoms with Gasteiger partial charge >= 0.3 is 0 Å². The quantitative estimate of drug-likeness (QED) is 0.162. The van der Waals surface area contributed by atoms with E-state index in [-0.39, 0.29) is 16.5 Å². The minimum absolute atomic E-state index is 0.149.